The summed E-state index contributed by atoms with van der Waals surface area (Å²) in [6, 6.07) is -0.481. The van der Waals surface area contributed by atoms with Crippen molar-refractivity contribution in [2.24, 2.45) is 17.4 Å². The number of hydrogen-bond acceptors (Lipinski definition) is 4. The summed E-state index contributed by atoms with van der Waals surface area (Å²) in [6.45, 7) is 0.105. The number of carbonyl (C=O) groups is 4. The van der Waals surface area contributed by atoms with Crippen LogP contribution < -0.4 is 11.5 Å². The summed E-state index contributed by atoms with van der Waals surface area (Å²) >= 11 is 0. The van der Waals surface area contributed by atoms with E-state index in [1.54, 1.807) is 0 Å². The average molecular weight is 300 g/mol. The normalized spacial score (nSPS) is 17.5. The van der Waals surface area contributed by atoms with Crippen molar-refractivity contribution in [1.29, 1.82) is 0 Å². The Balaban J connectivity index is 2.57. The third-order valence-corrected chi connectivity index (χ3v) is 3.29. The Hall–Kier alpha value is -2.32. The van der Waals surface area contributed by atoms with Gasteiger partial charge in [-0.25, -0.2) is 4.79 Å². The second-order valence-electron chi connectivity index (χ2n) is 5.10. The molecule has 1 saturated heterocycles. The van der Waals surface area contributed by atoms with E-state index in [1.807, 2.05) is 0 Å². The second-order valence-corrected chi connectivity index (χ2v) is 5.10. The Labute approximate surface area is 121 Å². The van der Waals surface area contributed by atoms with Crippen molar-refractivity contribution in [3.8, 4) is 0 Å². The van der Waals surface area contributed by atoms with Gasteiger partial charge in [0, 0.05) is 19.5 Å². The van der Waals surface area contributed by atoms with E-state index in [4.69, 9.17) is 16.6 Å². The van der Waals surface area contributed by atoms with Gasteiger partial charge in [0.1, 0.15) is 13.1 Å². The molecule has 9 nitrogen and oxygen atoms in total. The number of hydrogen-bond donors (Lipinski definition) is 3. The lowest BCUT2D eigenvalue weighted by molar-refractivity contribution is -0.137. The fraction of sp³-hybridized carbons (Fsp3) is 0.667. The first-order chi connectivity index (χ1) is 9.79. The van der Waals surface area contributed by atoms with Gasteiger partial charge in [-0.05, 0) is 18.8 Å². The molecule has 1 aliphatic heterocycles. The molecule has 9 heteroatoms. The van der Waals surface area contributed by atoms with Crippen LogP contribution in [-0.2, 0) is 14.4 Å². The molecule has 4 amide bonds. The van der Waals surface area contributed by atoms with Gasteiger partial charge in [0.05, 0.1) is 0 Å². The zero-order valence-corrected chi connectivity index (χ0v) is 11.7. The summed E-state index contributed by atoms with van der Waals surface area (Å²) < 4.78 is 0. The predicted molar refractivity (Wildman–Crippen MR) is 71.9 cm³/mol. The maximum atomic E-state index is 12.2. The monoisotopic (exact) mass is 300 g/mol. The van der Waals surface area contributed by atoms with Crippen molar-refractivity contribution in [1.82, 2.24) is 9.80 Å². The minimum absolute atomic E-state index is 0.0545. The number of amides is 4. The van der Waals surface area contributed by atoms with Gasteiger partial charge in [-0.2, -0.15) is 0 Å². The number of carbonyl (C=O) groups excluding carboxylic acids is 3. The first kappa shape index (κ1) is 16.7. The van der Waals surface area contributed by atoms with Crippen LogP contribution in [-0.4, -0.2) is 64.9 Å². The lowest BCUT2D eigenvalue weighted by Gasteiger charge is -2.26. The molecule has 0 saturated carbocycles. The highest BCUT2D eigenvalue weighted by Gasteiger charge is 2.30. The number of carboxylic acid groups (broad SMARTS) is 1. The van der Waals surface area contributed by atoms with Gasteiger partial charge in [0.2, 0.25) is 11.8 Å². The van der Waals surface area contributed by atoms with Gasteiger partial charge in [0.25, 0.3) is 0 Å². The average Bonchev–Trinajstić information content (AvgIpc) is 2.82. The zero-order valence-electron chi connectivity index (χ0n) is 11.7. The highest BCUT2D eigenvalue weighted by Crippen LogP contribution is 2.22. The quantitative estimate of drug-likeness (QED) is 0.527. The van der Waals surface area contributed by atoms with Crippen LogP contribution in [0.25, 0.3) is 0 Å². The summed E-state index contributed by atoms with van der Waals surface area (Å²) in [6.07, 6.45) is 1.24. The maximum absolute atomic E-state index is 12.2. The molecule has 0 bridgehead atoms. The molecular weight excluding hydrogens is 280 g/mol. The zero-order chi connectivity index (χ0) is 16.0. The number of urea groups is 1. The number of aliphatic carboxylic acids is 1. The number of rotatable bonds is 7. The van der Waals surface area contributed by atoms with Crippen molar-refractivity contribution >= 4 is 23.8 Å². The molecule has 1 rings (SSSR count). The molecule has 0 aromatic rings. The molecule has 0 aliphatic carbocycles. The maximum Gasteiger partial charge on any atom is 0.320 e. The SMILES string of the molecule is NC(=O)CN(CC(N)=O)C(=O)N1CCC(CCC(=O)O)C1. The number of nitrogens with zero attached hydrogens (tertiary/aromatic N) is 2. The van der Waals surface area contributed by atoms with E-state index in [-0.39, 0.29) is 25.4 Å². The van der Waals surface area contributed by atoms with E-state index >= 15 is 0 Å². The fourth-order valence-electron chi connectivity index (χ4n) is 2.34. The molecule has 1 fully saturated rings. The standard InChI is InChI=1S/C12H20N4O5/c13-9(17)6-16(7-10(14)18)12(21)15-4-3-8(5-15)1-2-11(19)20/h8H,1-7H2,(H2,13,17)(H2,14,18)(H,19,20). The number of carboxylic acids is 1. The van der Waals surface area contributed by atoms with Gasteiger partial charge < -0.3 is 26.4 Å². The first-order valence-electron chi connectivity index (χ1n) is 6.61. The molecule has 1 atom stereocenters. The topological polar surface area (TPSA) is 147 Å². The Kier molecular flexibility index (Phi) is 5.94. The minimum Gasteiger partial charge on any atom is -0.481 e. The number of nitrogens with two attached hydrogens (primary N) is 2. The highest BCUT2D eigenvalue weighted by atomic mass is 16.4. The van der Waals surface area contributed by atoms with Gasteiger partial charge in [0.15, 0.2) is 0 Å². The molecule has 0 aromatic carbocycles. The molecule has 1 heterocycles. The minimum atomic E-state index is -0.871. The predicted octanol–water partition coefficient (Wildman–Crippen LogP) is -1.43. The van der Waals surface area contributed by atoms with E-state index in [0.717, 1.165) is 4.90 Å². The Bertz CT molecular complexity index is 423. The molecule has 0 spiro atoms. The van der Waals surface area contributed by atoms with Crippen molar-refractivity contribution < 1.29 is 24.3 Å². The van der Waals surface area contributed by atoms with Crippen LogP contribution in [0, 0.1) is 5.92 Å². The summed E-state index contributed by atoms with van der Waals surface area (Å²) in [5.41, 5.74) is 10.1. The van der Waals surface area contributed by atoms with Crippen LogP contribution in [0.3, 0.4) is 0 Å². The fourth-order valence-corrected chi connectivity index (χ4v) is 2.34. The second kappa shape index (κ2) is 7.46. The third-order valence-electron chi connectivity index (χ3n) is 3.29. The smallest absolute Gasteiger partial charge is 0.320 e. The van der Waals surface area contributed by atoms with Gasteiger partial charge in [-0.3, -0.25) is 14.4 Å². The number of primary amides is 2. The van der Waals surface area contributed by atoms with Crippen LogP contribution in [0.2, 0.25) is 0 Å². The molecule has 1 unspecified atom stereocenters. The highest BCUT2D eigenvalue weighted by molar-refractivity contribution is 5.87. The van der Waals surface area contributed by atoms with Gasteiger partial charge in [-0.15, -0.1) is 0 Å². The van der Waals surface area contributed by atoms with Crippen molar-refractivity contribution in [2.75, 3.05) is 26.2 Å². The lowest BCUT2D eigenvalue weighted by Crippen LogP contribution is -2.49. The molecular formula is C12H20N4O5. The van der Waals surface area contributed by atoms with Crippen molar-refractivity contribution in [3.63, 3.8) is 0 Å². The molecule has 118 valence electrons. The Morgan fingerprint density at radius 3 is 2.19 bits per heavy atom. The Morgan fingerprint density at radius 2 is 1.71 bits per heavy atom. The first-order valence-corrected chi connectivity index (χ1v) is 6.61. The van der Waals surface area contributed by atoms with Crippen LogP contribution in [0.4, 0.5) is 4.79 Å². The van der Waals surface area contributed by atoms with Crippen LogP contribution >= 0.6 is 0 Å². The molecule has 0 radical (unpaired) electrons. The summed E-state index contributed by atoms with van der Waals surface area (Å²) in [5, 5.41) is 8.64. The molecule has 0 aromatic heterocycles. The van der Waals surface area contributed by atoms with Gasteiger partial charge in [-0.1, -0.05) is 0 Å². The molecule has 1 aliphatic rings. The van der Waals surface area contributed by atoms with E-state index in [1.165, 1.54) is 4.90 Å². The Morgan fingerprint density at radius 1 is 1.14 bits per heavy atom. The lowest BCUT2D eigenvalue weighted by atomic mass is 10.0. The summed E-state index contributed by atoms with van der Waals surface area (Å²) in [7, 11) is 0. The van der Waals surface area contributed by atoms with E-state index in [2.05, 4.69) is 0 Å². The van der Waals surface area contributed by atoms with Crippen LogP contribution in [0.15, 0.2) is 0 Å². The van der Waals surface area contributed by atoms with Crippen LogP contribution in [0.5, 0.6) is 0 Å². The molecule has 21 heavy (non-hydrogen) atoms. The summed E-state index contributed by atoms with van der Waals surface area (Å²) in [5.74, 6) is -2.23. The van der Waals surface area contributed by atoms with Crippen LogP contribution in [0.1, 0.15) is 19.3 Å². The van der Waals surface area contributed by atoms with Crippen molar-refractivity contribution in [2.45, 2.75) is 19.3 Å². The largest absolute Gasteiger partial charge is 0.481 e. The van der Waals surface area contributed by atoms with E-state index in [9.17, 15) is 19.2 Å². The van der Waals surface area contributed by atoms with Crippen molar-refractivity contribution in [3.05, 3.63) is 0 Å². The van der Waals surface area contributed by atoms with Gasteiger partial charge >= 0.3 is 12.0 Å². The number of likely N-dealkylation sites (tertiary alicyclic amines) is 1. The molecule has 5 N–H and O–H groups in total. The summed E-state index contributed by atoms with van der Waals surface area (Å²) in [4.78, 5) is 47.1. The third kappa shape index (κ3) is 5.67. The van der Waals surface area contributed by atoms with E-state index < -0.39 is 23.8 Å². The van der Waals surface area contributed by atoms with E-state index in [0.29, 0.717) is 25.9 Å².